The molecule has 0 spiro atoms. The Bertz CT molecular complexity index is 332. The molecule has 0 radical (unpaired) electrons. The molecule has 2 rings (SSSR count). The van der Waals surface area contributed by atoms with E-state index in [4.69, 9.17) is 0 Å². The molecule has 2 saturated heterocycles. The first-order valence-corrected chi connectivity index (χ1v) is 7.99. The summed E-state index contributed by atoms with van der Waals surface area (Å²) in [6.45, 7) is 5.31. The van der Waals surface area contributed by atoms with Crippen molar-refractivity contribution >= 4 is 11.8 Å². The van der Waals surface area contributed by atoms with Crippen molar-refractivity contribution in [2.75, 3.05) is 26.2 Å². The number of hydrogen-bond donors (Lipinski definition) is 2. The number of carbonyl (C=O) groups excluding carboxylic acids is 2. The van der Waals surface area contributed by atoms with Gasteiger partial charge in [-0.2, -0.15) is 0 Å². The van der Waals surface area contributed by atoms with Gasteiger partial charge in [0.25, 0.3) is 0 Å². The van der Waals surface area contributed by atoms with Crippen molar-refractivity contribution in [3.8, 4) is 0 Å². The number of hydrogen-bond acceptors (Lipinski definition) is 3. The van der Waals surface area contributed by atoms with Crippen LogP contribution in [0.1, 0.15) is 45.4 Å². The Balaban J connectivity index is 1.70. The molecular formula is C15H27N3O2. The first-order valence-electron chi connectivity index (χ1n) is 7.99. The molecule has 1 unspecified atom stereocenters. The quantitative estimate of drug-likeness (QED) is 0.787. The summed E-state index contributed by atoms with van der Waals surface area (Å²) in [5.74, 6) is 0.503. The second kappa shape index (κ2) is 7.62. The predicted molar refractivity (Wildman–Crippen MR) is 78.2 cm³/mol. The average Bonchev–Trinajstić information content (AvgIpc) is 2.97. The lowest BCUT2D eigenvalue weighted by Crippen LogP contribution is -2.44. The zero-order chi connectivity index (χ0) is 14.4. The standard InChI is InChI=1S/C15H27N3O2/c1-2-7-17-15(20)12-5-9-18(10-6-12)14(19)11-13-4-3-8-16-13/h12-13,16H,2-11H2,1H3,(H,17,20). The summed E-state index contributed by atoms with van der Waals surface area (Å²) in [6, 6.07) is 0.369. The highest BCUT2D eigenvalue weighted by molar-refractivity contribution is 5.80. The molecular weight excluding hydrogens is 254 g/mol. The minimum atomic E-state index is 0.0928. The van der Waals surface area contributed by atoms with Crippen LogP contribution in [0.3, 0.4) is 0 Å². The predicted octanol–water partition coefficient (Wildman–Crippen LogP) is 0.893. The fourth-order valence-electron chi connectivity index (χ4n) is 3.05. The van der Waals surface area contributed by atoms with Gasteiger partial charge in [0, 0.05) is 38.0 Å². The van der Waals surface area contributed by atoms with Crippen LogP contribution in [-0.4, -0.2) is 48.9 Å². The topological polar surface area (TPSA) is 61.4 Å². The highest BCUT2D eigenvalue weighted by Crippen LogP contribution is 2.19. The summed E-state index contributed by atoms with van der Waals surface area (Å²) < 4.78 is 0. The Hall–Kier alpha value is -1.10. The van der Waals surface area contributed by atoms with E-state index < -0.39 is 0 Å². The number of likely N-dealkylation sites (tertiary alicyclic amines) is 1. The largest absolute Gasteiger partial charge is 0.356 e. The Kier molecular flexibility index (Phi) is 5.83. The van der Waals surface area contributed by atoms with E-state index in [1.54, 1.807) is 0 Å². The first-order chi connectivity index (χ1) is 9.70. The molecule has 2 aliphatic heterocycles. The van der Waals surface area contributed by atoms with Gasteiger partial charge in [-0.25, -0.2) is 0 Å². The number of carbonyl (C=O) groups is 2. The molecule has 2 fully saturated rings. The normalized spacial score (nSPS) is 23.9. The third-order valence-corrected chi connectivity index (χ3v) is 4.35. The molecule has 114 valence electrons. The molecule has 2 aliphatic rings. The minimum absolute atomic E-state index is 0.0928. The molecule has 5 heteroatoms. The summed E-state index contributed by atoms with van der Waals surface area (Å²) >= 11 is 0. The maximum atomic E-state index is 12.2. The molecule has 0 saturated carbocycles. The molecule has 1 atom stereocenters. The third kappa shape index (κ3) is 4.20. The van der Waals surface area contributed by atoms with E-state index in [0.29, 0.717) is 12.5 Å². The van der Waals surface area contributed by atoms with Crippen LogP contribution >= 0.6 is 0 Å². The van der Waals surface area contributed by atoms with Gasteiger partial charge in [-0.15, -0.1) is 0 Å². The summed E-state index contributed by atoms with van der Waals surface area (Å²) in [5, 5.41) is 6.32. The lowest BCUT2D eigenvalue weighted by atomic mass is 9.95. The van der Waals surface area contributed by atoms with Crippen LogP contribution in [0.4, 0.5) is 0 Å². The van der Waals surface area contributed by atoms with Crippen molar-refractivity contribution in [1.29, 1.82) is 0 Å². The number of piperidine rings is 1. The maximum Gasteiger partial charge on any atom is 0.224 e. The Morgan fingerprint density at radius 2 is 2.00 bits per heavy atom. The van der Waals surface area contributed by atoms with E-state index >= 15 is 0 Å². The highest BCUT2D eigenvalue weighted by atomic mass is 16.2. The lowest BCUT2D eigenvalue weighted by molar-refractivity contribution is -0.136. The fraction of sp³-hybridized carbons (Fsp3) is 0.867. The van der Waals surface area contributed by atoms with Gasteiger partial charge in [0.05, 0.1) is 0 Å². The molecule has 2 N–H and O–H groups in total. The van der Waals surface area contributed by atoms with Crippen molar-refractivity contribution in [2.45, 2.75) is 51.5 Å². The van der Waals surface area contributed by atoms with Gasteiger partial charge >= 0.3 is 0 Å². The van der Waals surface area contributed by atoms with Gasteiger partial charge in [0.15, 0.2) is 0 Å². The second-order valence-electron chi connectivity index (χ2n) is 5.94. The summed E-state index contributed by atoms with van der Waals surface area (Å²) in [4.78, 5) is 26.0. The zero-order valence-corrected chi connectivity index (χ0v) is 12.5. The molecule has 20 heavy (non-hydrogen) atoms. The van der Waals surface area contributed by atoms with Crippen LogP contribution in [0, 0.1) is 5.92 Å². The summed E-state index contributed by atoms with van der Waals surface area (Å²) in [7, 11) is 0. The highest BCUT2D eigenvalue weighted by Gasteiger charge is 2.28. The van der Waals surface area contributed by atoms with Crippen molar-refractivity contribution in [3.63, 3.8) is 0 Å². The van der Waals surface area contributed by atoms with Crippen molar-refractivity contribution < 1.29 is 9.59 Å². The average molecular weight is 281 g/mol. The molecule has 5 nitrogen and oxygen atoms in total. The van der Waals surface area contributed by atoms with Gasteiger partial charge in [-0.3, -0.25) is 9.59 Å². The number of amides is 2. The maximum absolute atomic E-state index is 12.2. The Morgan fingerprint density at radius 3 is 2.60 bits per heavy atom. The van der Waals surface area contributed by atoms with Crippen molar-refractivity contribution in [3.05, 3.63) is 0 Å². The molecule has 2 heterocycles. The van der Waals surface area contributed by atoms with Gasteiger partial charge in [-0.05, 0) is 38.6 Å². The van der Waals surface area contributed by atoms with Gasteiger partial charge in [-0.1, -0.05) is 6.92 Å². The fourth-order valence-corrected chi connectivity index (χ4v) is 3.05. The third-order valence-electron chi connectivity index (χ3n) is 4.35. The summed E-state index contributed by atoms with van der Waals surface area (Å²) in [5.41, 5.74) is 0. The van der Waals surface area contributed by atoms with Crippen LogP contribution in [0.5, 0.6) is 0 Å². The summed E-state index contributed by atoms with van der Waals surface area (Å²) in [6.07, 6.45) is 5.49. The van der Waals surface area contributed by atoms with E-state index in [9.17, 15) is 9.59 Å². The molecule has 0 bridgehead atoms. The van der Waals surface area contributed by atoms with Crippen LogP contribution in [0.2, 0.25) is 0 Å². The number of nitrogens with zero attached hydrogens (tertiary/aromatic N) is 1. The van der Waals surface area contributed by atoms with Crippen LogP contribution < -0.4 is 10.6 Å². The molecule has 0 aliphatic carbocycles. The van der Waals surface area contributed by atoms with Gasteiger partial charge < -0.3 is 15.5 Å². The molecule has 0 aromatic carbocycles. The van der Waals surface area contributed by atoms with Gasteiger partial charge in [0.1, 0.15) is 0 Å². The van der Waals surface area contributed by atoms with E-state index in [2.05, 4.69) is 17.6 Å². The first kappa shape index (κ1) is 15.3. The zero-order valence-electron chi connectivity index (χ0n) is 12.5. The van der Waals surface area contributed by atoms with E-state index in [1.807, 2.05) is 4.90 Å². The molecule has 0 aromatic rings. The Labute approximate surface area is 121 Å². The molecule has 2 amide bonds. The van der Waals surface area contributed by atoms with Crippen LogP contribution in [0.25, 0.3) is 0 Å². The smallest absolute Gasteiger partial charge is 0.224 e. The minimum Gasteiger partial charge on any atom is -0.356 e. The number of rotatable bonds is 5. The van der Waals surface area contributed by atoms with Crippen LogP contribution in [0.15, 0.2) is 0 Å². The lowest BCUT2D eigenvalue weighted by Gasteiger charge is -2.32. The molecule has 0 aromatic heterocycles. The van der Waals surface area contributed by atoms with Crippen molar-refractivity contribution in [1.82, 2.24) is 15.5 Å². The van der Waals surface area contributed by atoms with Crippen LogP contribution in [-0.2, 0) is 9.59 Å². The van der Waals surface area contributed by atoms with Gasteiger partial charge in [0.2, 0.25) is 11.8 Å². The van der Waals surface area contributed by atoms with Crippen molar-refractivity contribution in [2.24, 2.45) is 5.92 Å². The van der Waals surface area contributed by atoms with E-state index in [1.165, 1.54) is 6.42 Å². The SMILES string of the molecule is CCCNC(=O)C1CCN(C(=O)CC2CCCN2)CC1. The Morgan fingerprint density at radius 1 is 1.25 bits per heavy atom. The number of nitrogens with one attached hydrogen (secondary N) is 2. The second-order valence-corrected chi connectivity index (χ2v) is 5.94. The van der Waals surface area contributed by atoms with E-state index in [0.717, 1.165) is 51.9 Å². The monoisotopic (exact) mass is 281 g/mol. The van der Waals surface area contributed by atoms with E-state index in [-0.39, 0.29) is 17.7 Å².